The number of thiophene rings is 1. The van der Waals surface area contributed by atoms with Crippen LogP contribution < -0.4 is 5.32 Å². The molecule has 0 fully saturated rings. The largest absolute Gasteiger partial charge is 0.324 e. The molecule has 14 nitrogen and oxygen atoms in total. The number of benzene rings is 1. The van der Waals surface area contributed by atoms with E-state index in [1.165, 1.54) is 18.3 Å². The van der Waals surface area contributed by atoms with Gasteiger partial charge in [0.05, 0.1) is 25.7 Å². The molecule has 1 amide bonds. The maximum Gasteiger partial charge on any atom is 0.324 e. The van der Waals surface area contributed by atoms with Crippen LogP contribution in [0.3, 0.4) is 0 Å². The van der Waals surface area contributed by atoms with E-state index in [1.54, 1.807) is 0 Å². The Hall–Kier alpha value is -4.18. The summed E-state index contributed by atoms with van der Waals surface area (Å²) < 4.78 is 0. The summed E-state index contributed by atoms with van der Waals surface area (Å²) in [4.78, 5) is 47.2. The molecular weight excluding hydrogens is 442 g/mol. The number of anilines is 1. The van der Waals surface area contributed by atoms with E-state index in [-0.39, 0.29) is 15.3 Å². The van der Waals surface area contributed by atoms with Crippen LogP contribution in [0.15, 0.2) is 35.3 Å². The molecule has 0 atom stereocenters. The minimum atomic E-state index is -0.905. The molecule has 3 aromatic rings. The van der Waals surface area contributed by atoms with Gasteiger partial charge in [0.15, 0.2) is 0 Å². The van der Waals surface area contributed by atoms with Crippen molar-refractivity contribution in [3.05, 3.63) is 71.1 Å². The van der Waals surface area contributed by atoms with Crippen molar-refractivity contribution in [2.24, 2.45) is 4.99 Å². The fourth-order valence-corrected chi connectivity index (χ4v) is 3.37. The van der Waals surface area contributed by atoms with Crippen LogP contribution >= 0.6 is 22.7 Å². The van der Waals surface area contributed by atoms with Crippen LogP contribution in [-0.4, -0.2) is 37.1 Å². The number of nitro benzene ring substituents is 2. The SMILES string of the molecule is O=C(Nc1nnc(/N=C/c2ccc([N+](=O)[O-])s2)s1)c1ccc([N+](=O)[O-])cc1[N+](=O)[O-]. The van der Waals surface area contributed by atoms with Crippen molar-refractivity contribution in [2.75, 3.05) is 5.32 Å². The van der Waals surface area contributed by atoms with Crippen LogP contribution in [-0.2, 0) is 0 Å². The molecule has 0 spiro atoms. The van der Waals surface area contributed by atoms with Crippen molar-refractivity contribution in [1.29, 1.82) is 0 Å². The van der Waals surface area contributed by atoms with Crippen molar-refractivity contribution in [3.63, 3.8) is 0 Å². The number of amides is 1. The third kappa shape index (κ3) is 4.62. The summed E-state index contributed by atoms with van der Waals surface area (Å²) in [5.74, 6) is -0.905. The van der Waals surface area contributed by atoms with E-state index in [9.17, 15) is 35.1 Å². The fourth-order valence-electron chi connectivity index (χ4n) is 2.09. The molecule has 16 heteroatoms. The first-order valence-corrected chi connectivity index (χ1v) is 9.24. The molecular formula is C14H7N7O7S2. The van der Waals surface area contributed by atoms with E-state index in [0.29, 0.717) is 10.9 Å². The quantitative estimate of drug-likeness (QED) is 0.319. The molecule has 0 unspecified atom stereocenters. The molecule has 0 aliphatic carbocycles. The molecule has 0 bridgehead atoms. The number of nitrogens with one attached hydrogen (secondary N) is 1. The minimum Gasteiger partial charge on any atom is -0.296 e. The van der Waals surface area contributed by atoms with Crippen LogP contribution in [0.5, 0.6) is 0 Å². The Kier molecular flexibility index (Phi) is 5.79. The normalized spacial score (nSPS) is 10.8. The minimum absolute atomic E-state index is 0.0167. The van der Waals surface area contributed by atoms with Crippen LogP contribution in [0.4, 0.5) is 26.6 Å². The average molecular weight is 449 g/mol. The summed E-state index contributed by atoms with van der Waals surface area (Å²) in [6, 6.07) is 5.46. The Morgan fingerprint density at radius 1 is 1.00 bits per heavy atom. The van der Waals surface area contributed by atoms with Gasteiger partial charge in [-0.3, -0.25) is 40.5 Å². The van der Waals surface area contributed by atoms with Gasteiger partial charge in [-0.15, -0.1) is 10.2 Å². The first-order chi connectivity index (χ1) is 14.2. The third-order valence-electron chi connectivity index (χ3n) is 3.36. The van der Waals surface area contributed by atoms with Gasteiger partial charge in [-0.1, -0.05) is 22.7 Å². The molecule has 152 valence electrons. The van der Waals surface area contributed by atoms with Crippen molar-refractivity contribution in [2.45, 2.75) is 0 Å². The number of nitro groups is 3. The Balaban J connectivity index is 1.74. The van der Waals surface area contributed by atoms with Gasteiger partial charge in [-0.25, -0.2) is 4.99 Å². The van der Waals surface area contributed by atoms with E-state index >= 15 is 0 Å². The first kappa shape index (κ1) is 20.6. The lowest BCUT2D eigenvalue weighted by molar-refractivity contribution is -0.394. The van der Waals surface area contributed by atoms with Crippen molar-refractivity contribution in [1.82, 2.24) is 10.2 Å². The summed E-state index contributed by atoms with van der Waals surface area (Å²) in [5, 5.41) is 42.3. The number of carbonyl (C=O) groups excluding carboxylic acids is 1. The highest BCUT2D eigenvalue weighted by Gasteiger charge is 2.24. The number of hydrogen-bond donors (Lipinski definition) is 1. The molecule has 0 saturated heterocycles. The third-order valence-corrected chi connectivity index (χ3v) is 5.08. The lowest BCUT2D eigenvalue weighted by atomic mass is 10.1. The Bertz CT molecular complexity index is 1200. The zero-order valence-electron chi connectivity index (χ0n) is 14.3. The molecule has 2 aromatic heterocycles. The fraction of sp³-hybridized carbons (Fsp3) is 0. The van der Waals surface area contributed by atoms with Crippen LogP contribution in [0.2, 0.25) is 0 Å². The maximum absolute atomic E-state index is 12.3. The molecule has 0 aliphatic rings. The smallest absolute Gasteiger partial charge is 0.296 e. The summed E-state index contributed by atoms with van der Waals surface area (Å²) >= 11 is 1.76. The molecule has 0 radical (unpaired) electrons. The summed E-state index contributed by atoms with van der Waals surface area (Å²) in [5.41, 5.74) is -1.65. The van der Waals surface area contributed by atoms with E-state index in [2.05, 4.69) is 20.5 Å². The molecule has 0 aliphatic heterocycles. The zero-order valence-corrected chi connectivity index (χ0v) is 16.0. The molecule has 3 rings (SSSR count). The Labute approximate surface area is 173 Å². The molecule has 30 heavy (non-hydrogen) atoms. The number of rotatable bonds is 7. The van der Waals surface area contributed by atoms with Crippen LogP contribution in [0, 0.1) is 30.3 Å². The number of aromatic nitrogens is 2. The van der Waals surface area contributed by atoms with E-state index in [0.717, 1.165) is 34.8 Å². The topological polar surface area (TPSA) is 197 Å². The highest BCUT2D eigenvalue weighted by molar-refractivity contribution is 7.19. The maximum atomic E-state index is 12.3. The summed E-state index contributed by atoms with van der Waals surface area (Å²) in [7, 11) is 0. The van der Waals surface area contributed by atoms with Gasteiger partial charge < -0.3 is 0 Å². The first-order valence-electron chi connectivity index (χ1n) is 7.60. The standard InChI is InChI=1S/C14H7N7O7S2/c22-12(9-3-1-7(19(23)24)5-10(9)20(25)26)16-14-18-17-13(30-14)15-6-8-2-4-11(29-8)21(27)28/h1-6H,(H,16,18,22)/b15-6+. The number of non-ortho nitro benzene ring substituents is 1. The Morgan fingerprint density at radius 3 is 2.40 bits per heavy atom. The van der Waals surface area contributed by atoms with E-state index in [4.69, 9.17) is 0 Å². The van der Waals surface area contributed by atoms with E-state index < -0.39 is 37.6 Å². The Morgan fingerprint density at radius 2 is 1.77 bits per heavy atom. The predicted molar refractivity (Wildman–Crippen MR) is 106 cm³/mol. The number of aliphatic imine (C=N–C) groups is 1. The van der Waals surface area contributed by atoms with Crippen LogP contribution in [0.1, 0.15) is 15.2 Å². The van der Waals surface area contributed by atoms with Gasteiger partial charge >= 0.3 is 5.00 Å². The molecule has 1 aromatic carbocycles. The van der Waals surface area contributed by atoms with Crippen molar-refractivity contribution >= 4 is 61.4 Å². The zero-order chi connectivity index (χ0) is 21.8. The number of carbonyl (C=O) groups is 1. The van der Waals surface area contributed by atoms with Gasteiger partial charge in [0.1, 0.15) is 5.56 Å². The number of hydrogen-bond acceptors (Lipinski definition) is 12. The van der Waals surface area contributed by atoms with Crippen LogP contribution in [0.25, 0.3) is 0 Å². The molecule has 2 heterocycles. The lowest BCUT2D eigenvalue weighted by Crippen LogP contribution is -2.14. The van der Waals surface area contributed by atoms with Gasteiger partial charge in [-0.05, 0) is 12.1 Å². The predicted octanol–water partition coefficient (Wildman–Crippen LogP) is 3.33. The van der Waals surface area contributed by atoms with E-state index in [1.807, 2.05) is 0 Å². The second-order valence-electron chi connectivity index (χ2n) is 5.25. The van der Waals surface area contributed by atoms with Crippen molar-refractivity contribution in [3.8, 4) is 0 Å². The average Bonchev–Trinajstić information content (AvgIpc) is 3.35. The highest BCUT2D eigenvalue weighted by atomic mass is 32.1. The monoisotopic (exact) mass is 449 g/mol. The van der Waals surface area contributed by atoms with Crippen molar-refractivity contribution < 1.29 is 19.6 Å². The van der Waals surface area contributed by atoms with Gasteiger partial charge in [0.25, 0.3) is 17.3 Å². The second kappa shape index (κ2) is 8.45. The molecule has 0 saturated carbocycles. The molecule has 1 N–H and O–H groups in total. The van der Waals surface area contributed by atoms with Gasteiger partial charge in [0.2, 0.25) is 10.3 Å². The highest BCUT2D eigenvalue weighted by Crippen LogP contribution is 2.28. The summed E-state index contributed by atoms with van der Waals surface area (Å²) in [6.45, 7) is 0. The van der Waals surface area contributed by atoms with Gasteiger partial charge in [-0.2, -0.15) is 0 Å². The number of nitrogens with zero attached hydrogens (tertiary/aromatic N) is 6. The lowest BCUT2D eigenvalue weighted by Gasteiger charge is -2.02. The second-order valence-corrected chi connectivity index (χ2v) is 7.30. The summed E-state index contributed by atoms with van der Waals surface area (Å²) in [6.07, 6.45) is 1.34. The van der Waals surface area contributed by atoms with Gasteiger partial charge in [0, 0.05) is 18.3 Å².